The number of aromatic nitrogens is 1. The van der Waals surface area contributed by atoms with Crippen LogP contribution in [-0.4, -0.2) is 53.2 Å². The summed E-state index contributed by atoms with van der Waals surface area (Å²) in [5, 5.41) is 8.79. The number of piperazine rings is 1. The fourth-order valence-electron chi connectivity index (χ4n) is 2.07. The third-order valence-electron chi connectivity index (χ3n) is 3.34. The van der Waals surface area contributed by atoms with Gasteiger partial charge in [-0.2, -0.15) is 4.98 Å². The second-order valence-electron chi connectivity index (χ2n) is 4.59. The van der Waals surface area contributed by atoms with Crippen LogP contribution >= 0.6 is 0 Å². The van der Waals surface area contributed by atoms with Crippen molar-refractivity contribution in [1.82, 2.24) is 9.88 Å². The SMILES string of the molecule is CC1CN(c2nc(C(=O)O)co2)CC(C)N1C. The highest BCUT2D eigenvalue weighted by Gasteiger charge is 2.29. The van der Waals surface area contributed by atoms with Gasteiger partial charge in [-0.05, 0) is 20.9 Å². The van der Waals surface area contributed by atoms with Crippen LogP contribution in [0.15, 0.2) is 10.7 Å². The van der Waals surface area contributed by atoms with Gasteiger partial charge in [0.2, 0.25) is 0 Å². The first kappa shape index (κ1) is 11.9. The maximum absolute atomic E-state index is 10.7. The number of hydrogen-bond acceptors (Lipinski definition) is 5. The summed E-state index contributed by atoms with van der Waals surface area (Å²) in [6.07, 6.45) is 1.19. The van der Waals surface area contributed by atoms with Crippen molar-refractivity contribution < 1.29 is 14.3 Å². The van der Waals surface area contributed by atoms with Gasteiger partial charge < -0.3 is 14.4 Å². The molecular weight excluding hydrogens is 222 g/mol. The van der Waals surface area contributed by atoms with Gasteiger partial charge in [-0.3, -0.25) is 4.90 Å². The Morgan fingerprint density at radius 2 is 2.06 bits per heavy atom. The molecule has 1 fully saturated rings. The molecule has 2 rings (SSSR count). The van der Waals surface area contributed by atoms with E-state index in [-0.39, 0.29) is 5.69 Å². The van der Waals surface area contributed by atoms with E-state index >= 15 is 0 Å². The van der Waals surface area contributed by atoms with Gasteiger partial charge in [0.1, 0.15) is 6.26 Å². The van der Waals surface area contributed by atoms with Gasteiger partial charge in [0, 0.05) is 25.2 Å². The zero-order valence-corrected chi connectivity index (χ0v) is 10.3. The van der Waals surface area contributed by atoms with E-state index in [1.807, 2.05) is 4.90 Å². The molecule has 0 saturated carbocycles. The summed E-state index contributed by atoms with van der Waals surface area (Å²) in [7, 11) is 2.09. The first-order valence-electron chi connectivity index (χ1n) is 5.64. The molecule has 0 aliphatic carbocycles. The molecule has 1 N–H and O–H groups in total. The molecule has 2 atom stereocenters. The van der Waals surface area contributed by atoms with Crippen LogP contribution in [0.1, 0.15) is 24.3 Å². The minimum Gasteiger partial charge on any atom is -0.476 e. The molecule has 94 valence electrons. The Hall–Kier alpha value is -1.56. The molecule has 0 amide bonds. The van der Waals surface area contributed by atoms with Crippen molar-refractivity contribution in [3.8, 4) is 0 Å². The zero-order chi connectivity index (χ0) is 12.6. The maximum Gasteiger partial charge on any atom is 0.357 e. The summed E-state index contributed by atoms with van der Waals surface area (Å²) in [5.74, 6) is -1.06. The van der Waals surface area contributed by atoms with E-state index in [1.165, 1.54) is 6.26 Å². The van der Waals surface area contributed by atoms with Crippen molar-refractivity contribution in [3.05, 3.63) is 12.0 Å². The Balaban J connectivity index is 2.14. The summed E-state index contributed by atoms with van der Waals surface area (Å²) in [6, 6.07) is 1.17. The number of carboxylic acid groups (broad SMARTS) is 1. The molecule has 1 aromatic heterocycles. The minimum absolute atomic E-state index is 0.0424. The van der Waals surface area contributed by atoms with Crippen molar-refractivity contribution in [1.29, 1.82) is 0 Å². The molecular formula is C11H17N3O3. The second-order valence-corrected chi connectivity index (χ2v) is 4.59. The van der Waals surface area contributed by atoms with Crippen molar-refractivity contribution in [2.75, 3.05) is 25.0 Å². The Morgan fingerprint density at radius 1 is 1.47 bits per heavy atom. The van der Waals surface area contributed by atoms with Gasteiger partial charge in [0.05, 0.1) is 0 Å². The van der Waals surface area contributed by atoms with E-state index in [9.17, 15) is 4.79 Å². The van der Waals surface area contributed by atoms with Crippen molar-refractivity contribution in [3.63, 3.8) is 0 Å². The summed E-state index contributed by atoms with van der Waals surface area (Å²) in [6.45, 7) is 5.84. The fraction of sp³-hybridized carbons (Fsp3) is 0.636. The van der Waals surface area contributed by atoms with E-state index in [0.717, 1.165) is 13.1 Å². The lowest BCUT2D eigenvalue weighted by Gasteiger charge is -2.41. The quantitative estimate of drug-likeness (QED) is 0.827. The fourth-order valence-corrected chi connectivity index (χ4v) is 2.07. The number of nitrogens with zero attached hydrogens (tertiary/aromatic N) is 3. The van der Waals surface area contributed by atoms with Crippen LogP contribution in [0.5, 0.6) is 0 Å². The normalized spacial score (nSPS) is 26.2. The van der Waals surface area contributed by atoms with E-state index < -0.39 is 5.97 Å². The minimum atomic E-state index is -1.06. The van der Waals surface area contributed by atoms with Crippen LogP contribution in [0.2, 0.25) is 0 Å². The molecule has 1 aromatic rings. The van der Waals surface area contributed by atoms with Crippen molar-refractivity contribution >= 4 is 12.0 Å². The number of anilines is 1. The number of likely N-dealkylation sites (N-methyl/N-ethyl adjacent to an activating group) is 1. The van der Waals surface area contributed by atoms with Crippen LogP contribution in [0.3, 0.4) is 0 Å². The molecule has 17 heavy (non-hydrogen) atoms. The smallest absolute Gasteiger partial charge is 0.357 e. The number of carbonyl (C=O) groups is 1. The van der Waals surface area contributed by atoms with Gasteiger partial charge >= 0.3 is 5.97 Å². The van der Waals surface area contributed by atoms with Crippen molar-refractivity contribution in [2.45, 2.75) is 25.9 Å². The second kappa shape index (κ2) is 4.37. The molecule has 1 aliphatic heterocycles. The lowest BCUT2D eigenvalue weighted by Crippen LogP contribution is -2.55. The predicted molar refractivity (Wildman–Crippen MR) is 62.4 cm³/mol. The number of oxazole rings is 1. The Bertz CT molecular complexity index is 406. The molecule has 0 spiro atoms. The first-order valence-corrected chi connectivity index (χ1v) is 5.64. The molecule has 6 heteroatoms. The largest absolute Gasteiger partial charge is 0.476 e. The highest BCUT2D eigenvalue weighted by molar-refractivity contribution is 5.85. The first-order chi connectivity index (χ1) is 7.99. The molecule has 0 bridgehead atoms. The average molecular weight is 239 g/mol. The lowest BCUT2D eigenvalue weighted by molar-refractivity contribution is 0.0690. The molecule has 2 heterocycles. The van der Waals surface area contributed by atoms with E-state index in [0.29, 0.717) is 18.1 Å². The van der Waals surface area contributed by atoms with Crippen LogP contribution in [0.25, 0.3) is 0 Å². The summed E-state index contributed by atoms with van der Waals surface area (Å²) >= 11 is 0. The van der Waals surface area contributed by atoms with Gasteiger partial charge in [-0.15, -0.1) is 0 Å². The molecule has 6 nitrogen and oxygen atoms in total. The molecule has 1 saturated heterocycles. The van der Waals surface area contributed by atoms with E-state index in [4.69, 9.17) is 9.52 Å². The van der Waals surface area contributed by atoms with Crippen molar-refractivity contribution in [2.24, 2.45) is 0 Å². The zero-order valence-electron chi connectivity index (χ0n) is 10.3. The van der Waals surface area contributed by atoms with Gasteiger partial charge in [0.15, 0.2) is 5.69 Å². The van der Waals surface area contributed by atoms with E-state index in [2.05, 4.69) is 30.8 Å². The monoisotopic (exact) mass is 239 g/mol. The summed E-state index contributed by atoms with van der Waals surface area (Å²) < 4.78 is 5.21. The number of hydrogen-bond donors (Lipinski definition) is 1. The number of rotatable bonds is 2. The Kier molecular flexibility index (Phi) is 3.06. The summed E-state index contributed by atoms with van der Waals surface area (Å²) in [4.78, 5) is 19.0. The Morgan fingerprint density at radius 3 is 2.53 bits per heavy atom. The lowest BCUT2D eigenvalue weighted by atomic mass is 10.1. The predicted octanol–water partition coefficient (Wildman–Crippen LogP) is 0.902. The summed E-state index contributed by atoms with van der Waals surface area (Å²) in [5.41, 5.74) is -0.0424. The van der Waals surface area contributed by atoms with Gasteiger partial charge in [-0.25, -0.2) is 4.79 Å². The third-order valence-corrected chi connectivity index (χ3v) is 3.34. The van der Waals surface area contributed by atoms with Crippen LogP contribution in [0, 0.1) is 0 Å². The molecule has 0 radical (unpaired) electrons. The Labute approximate surface area is 99.8 Å². The third kappa shape index (κ3) is 2.26. The average Bonchev–Trinajstić information content (AvgIpc) is 2.74. The van der Waals surface area contributed by atoms with Crippen LogP contribution in [-0.2, 0) is 0 Å². The topological polar surface area (TPSA) is 69.8 Å². The highest BCUT2D eigenvalue weighted by atomic mass is 16.4. The molecule has 1 aliphatic rings. The molecule has 2 unspecified atom stereocenters. The van der Waals surface area contributed by atoms with E-state index in [1.54, 1.807) is 0 Å². The van der Waals surface area contributed by atoms with Gasteiger partial charge in [0.25, 0.3) is 6.01 Å². The van der Waals surface area contributed by atoms with Gasteiger partial charge in [-0.1, -0.05) is 0 Å². The standard InChI is InChI=1S/C11H17N3O3/c1-7-4-14(5-8(2)13(7)3)11-12-9(6-17-11)10(15)16/h6-8H,4-5H2,1-3H3,(H,15,16). The number of aromatic carboxylic acids is 1. The highest BCUT2D eigenvalue weighted by Crippen LogP contribution is 2.20. The number of carboxylic acids is 1. The maximum atomic E-state index is 10.7. The van der Waals surface area contributed by atoms with Crippen LogP contribution in [0.4, 0.5) is 6.01 Å². The molecule has 0 aromatic carbocycles. The van der Waals surface area contributed by atoms with Crippen LogP contribution < -0.4 is 4.90 Å².